The van der Waals surface area contributed by atoms with Crippen LogP contribution in [0.25, 0.3) is 0 Å². The van der Waals surface area contributed by atoms with Gasteiger partial charge in [0.1, 0.15) is 12.3 Å². The highest BCUT2D eigenvalue weighted by molar-refractivity contribution is 5.10. The van der Waals surface area contributed by atoms with Crippen LogP contribution in [0.4, 0.5) is 13.2 Å². The van der Waals surface area contributed by atoms with E-state index in [1.807, 2.05) is 0 Å². The average Bonchev–Trinajstić information content (AvgIpc) is 3.57. The molecule has 0 aromatic heterocycles. The number of rotatable bonds is 4. The number of likely N-dealkylation sites (N-methyl/N-ethyl adjacent to an activating group) is 2. The summed E-state index contributed by atoms with van der Waals surface area (Å²) < 4.78 is 51.8. The molecule has 31 heavy (non-hydrogen) atoms. The molecular formula is C21H35F3N4O3. The molecule has 0 aromatic rings. The molecule has 1 N–H and O–H groups in total. The molecule has 1 saturated carbocycles. The molecule has 0 spiro atoms. The van der Waals surface area contributed by atoms with E-state index < -0.39 is 11.8 Å². The summed E-state index contributed by atoms with van der Waals surface area (Å²) in [5, 5.41) is 9.99. The van der Waals surface area contributed by atoms with E-state index in [1.165, 1.54) is 0 Å². The van der Waals surface area contributed by atoms with Crippen molar-refractivity contribution in [1.82, 2.24) is 19.6 Å². The number of alkyl halides is 3. The highest BCUT2D eigenvalue weighted by Crippen LogP contribution is 2.48. The monoisotopic (exact) mass is 448 g/mol. The van der Waals surface area contributed by atoms with Gasteiger partial charge in [-0.05, 0) is 51.6 Å². The highest BCUT2D eigenvalue weighted by atomic mass is 19.4. The maximum atomic E-state index is 13.2. The van der Waals surface area contributed by atoms with Crippen LogP contribution in [-0.2, 0) is 9.47 Å². The number of fused-ring (bicyclic) bond motifs is 4. The lowest BCUT2D eigenvalue weighted by molar-refractivity contribution is -0.272. The largest absolute Gasteiger partial charge is 0.417 e. The Morgan fingerprint density at radius 3 is 2.35 bits per heavy atom. The van der Waals surface area contributed by atoms with Crippen LogP contribution in [0.2, 0.25) is 0 Å². The fraction of sp³-hybridized carbons (Fsp3) is 1.00. The van der Waals surface area contributed by atoms with Crippen molar-refractivity contribution in [1.29, 1.82) is 0 Å². The van der Waals surface area contributed by atoms with Crippen LogP contribution < -0.4 is 0 Å². The summed E-state index contributed by atoms with van der Waals surface area (Å²) in [6, 6.07) is 0.247. The zero-order chi connectivity index (χ0) is 22.3. The van der Waals surface area contributed by atoms with Crippen LogP contribution >= 0.6 is 0 Å². The first-order valence-corrected chi connectivity index (χ1v) is 11.5. The summed E-state index contributed by atoms with van der Waals surface area (Å²) in [5.74, 6) is 0.659. The van der Waals surface area contributed by atoms with Crippen molar-refractivity contribution in [3.8, 4) is 0 Å². The van der Waals surface area contributed by atoms with Crippen LogP contribution in [0.15, 0.2) is 0 Å². The van der Waals surface area contributed by atoms with Gasteiger partial charge in [-0.1, -0.05) is 13.8 Å². The number of ether oxygens (including phenoxy) is 2. The Morgan fingerprint density at radius 1 is 1.06 bits per heavy atom. The minimum Gasteiger partial charge on any atom is -0.380 e. The highest BCUT2D eigenvalue weighted by Gasteiger charge is 2.66. The Bertz CT molecular complexity index is 687. The molecule has 5 aliphatic rings. The Morgan fingerprint density at radius 2 is 1.74 bits per heavy atom. The lowest BCUT2D eigenvalue weighted by Crippen LogP contribution is -2.56. The van der Waals surface area contributed by atoms with E-state index in [0.717, 1.165) is 13.2 Å². The lowest BCUT2D eigenvalue weighted by atomic mass is 9.78. The first-order valence-electron chi connectivity index (χ1n) is 11.5. The normalized spacial score (nSPS) is 46.9. The van der Waals surface area contributed by atoms with Crippen LogP contribution in [0.3, 0.4) is 0 Å². The van der Waals surface area contributed by atoms with Gasteiger partial charge in [-0.2, -0.15) is 13.2 Å². The fourth-order valence-electron chi connectivity index (χ4n) is 6.18. The van der Waals surface area contributed by atoms with E-state index in [-0.39, 0.29) is 55.8 Å². The molecule has 5 rings (SSSR count). The first kappa shape index (κ1) is 22.3. The quantitative estimate of drug-likeness (QED) is 0.657. The number of hydrogen-bond donors (Lipinski definition) is 1. The van der Waals surface area contributed by atoms with E-state index in [1.54, 1.807) is 0 Å². The summed E-state index contributed by atoms with van der Waals surface area (Å²) >= 11 is 0. The van der Waals surface area contributed by atoms with Gasteiger partial charge in [0.2, 0.25) is 0 Å². The molecule has 5 fully saturated rings. The zero-order valence-corrected chi connectivity index (χ0v) is 18.8. The van der Waals surface area contributed by atoms with E-state index in [4.69, 9.17) is 9.47 Å². The second-order valence-electron chi connectivity index (χ2n) is 10.7. The third kappa shape index (κ3) is 3.82. The van der Waals surface area contributed by atoms with Gasteiger partial charge in [0.05, 0.1) is 18.9 Å². The molecular weight excluding hydrogens is 413 g/mol. The number of nitrogens with zero attached hydrogens (tertiary/aromatic N) is 4. The molecule has 7 nitrogen and oxygen atoms in total. The molecule has 0 amide bonds. The van der Waals surface area contributed by atoms with Gasteiger partial charge in [0.25, 0.3) is 0 Å². The second kappa shape index (κ2) is 7.51. The van der Waals surface area contributed by atoms with Gasteiger partial charge in [-0.25, -0.2) is 4.90 Å². The van der Waals surface area contributed by atoms with E-state index >= 15 is 0 Å². The predicted octanol–water partition coefficient (Wildman–Crippen LogP) is 1.68. The number of halogens is 3. The van der Waals surface area contributed by atoms with Gasteiger partial charge in [0, 0.05) is 13.1 Å². The topological polar surface area (TPSA) is 58.3 Å². The molecule has 1 aliphatic carbocycles. The van der Waals surface area contributed by atoms with Gasteiger partial charge in [-0.15, -0.1) is 0 Å². The van der Waals surface area contributed by atoms with Gasteiger partial charge < -0.3 is 14.6 Å². The molecule has 178 valence electrons. The summed E-state index contributed by atoms with van der Waals surface area (Å²) in [6.07, 6.45) is -4.10. The van der Waals surface area contributed by atoms with E-state index in [0.29, 0.717) is 25.3 Å². The van der Waals surface area contributed by atoms with Crippen LogP contribution in [0.1, 0.15) is 39.5 Å². The van der Waals surface area contributed by atoms with Crippen molar-refractivity contribution in [3.05, 3.63) is 0 Å². The third-order valence-electron chi connectivity index (χ3n) is 7.87. The molecule has 0 radical (unpaired) electrons. The van der Waals surface area contributed by atoms with Crippen molar-refractivity contribution in [2.75, 3.05) is 33.9 Å². The summed E-state index contributed by atoms with van der Waals surface area (Å²) in [5.41, 5.74) is -2.53. The maximum absolute atomic E-state index is 13.2. The number of epoxide rings is 2. The first-order chi connectivity index (χ1) is 14.5. The molecule has 0 bridgehead atoms. The SMILES string of the molecule is CC(C)CN1CN(C)C2C1C1OC1N(CC1CCC(O)(C(F)(F)F)CC1)C1OC1N2C. The molecule has 4 saturated heterocycles. The van der Waals surface area contributed by atoms with E-state index in [9.17, 15) is 18.3 Å². The molecule has 10 heteroatoms. The third-order valence-corrected chi connectivity index (χ3v) is 7.87. The molecule has 4 heterocycles. The van der Waals surface area contributed by atoms with Crippen molar-refractivity contribution in [3.63, 3.8) is 0 Å². The number of aliphatic hydroxyl groups is 1. The molecule has 4 aliphatic heterocycles. The second-order valence-corrected chi connectivity index (χ2v) is 10.7. The summed E-state index contributed by atoms with van der Waals surface area (Å²) in [6.45, 7) is 6.99. The standard InChI is InChI=1S/C21H35F3N4O3/c1-12(2)9-27-11-25(3)16-14(27)15-17(30-15)28(19-18(31-19)26(16)4)10-13-5-7-20(29,8-6-13)21(22,23)24/h12-19,29H,5-11H2,1-4H3. The van der Waals surface area contributed by atoms with Gasteiger partial charge in [0.15, 0.2) is 18.1 Å². The van der Waals surface area contributed by atoms with Crippen molar-refractivity contribution < 1.29 is 27.8 Å². The molecule has 0 aromatic carbocycles. The Kier molecular flexibility index (Phi) is 5.41. The summed E-state index contributed by atoms with van der Waals surface area (Å²) in [4.78, 5) is 9.39. The Hall–Kier alpha value is -0.490. The molecule has 6 unspecified atom stereocenters. The predicted molar refractivity (Wildman–Crippen MR) is 107 cm³/mol. The Balaban J connectivity index is 1.28. The van der Waals surface area contributed by atoms with Crippen molar-refractivity contribution in [2.24, 2.45) is 11.8 Å². The van der Waals surface area contributed by atoms with E-state index in [2.05, 4.69) is 47.5 Å². The van der Waals surface area contributed by atoms with Crippen LogP contribution in [-0.4, -0.2) is 107 Å². The minimum atomic E-state index is -4.56. The maximum Gasteiger partial charge on any atom is 0.417 e. The van der Waals surface area contributed by atoms with Gasteiger partial charge >= 0.3 is 6.18 Å². The zero-order valence-electron chi connectivity index (χ0n) is 18.8. The average molecular weight is 449 g/mol. The lowest BCUT2D eigenvalue weighted by Gasteiger charge is -2.39. The smallest absolute Gasteiger partial charge is 0.380 e. The number of hydrogen-bond acceptors (Lipinski definition) is 7. The van der Waals surface area contributed by atoms with Crippen molar-refractivity contribution in [2.45, 2.75) is 88.3 Å². The minimum absolute atomic E-state index is 0.0187. The Labute approximate surface area is 182 Å². The van der Waals surface area contributed by atoms with Crippen LogP contribution in [0.5, 0.6) is 0 Å². The fourth-order valence-corrected chi connectivity index (χ4v) is 6.18. The van der Waals surface area contributed by atoms with Crippen molar-refractivity contribution >= 4 is 0 Å². The van der Waals surface area contributed by atoms with Crippen LogP contribution in [0, 0.1) is 11.8 Å². The van der Waals surface area contributed by atoms with Gasteiger partial charge in [-0.3, -0.25) is 14.7 Å². The molecule has 6 atom stereocenters. The summed E-state index contributed by atoms with van der Waals surface area (Å²) in [7, 11) is 4.25.